The van der Waals surface area contributed by atoms with Gasteiger partial charge in [0.25, 0.3) is 0 Å². The van der Waals surface area contributed by atoms with E-state index in [0.717, 1.165) is 18.5 Å². The molecule has 10 heteroatoms. The van der Waals surface area contributed by atoms with Crippen molar-refractivity contribution in [1.29, 1.82) is 0 Å². The van der Waals surface area contributed by atoms with Gasteiger partial charge in [0.15, 0.2) is 5.78 Å². The Kier molecular flexibility index (Phi) is 5.66. The van der Waals surface area contributed by atoms with Crippen LogP contribution in [0.1, 0.15) is 36.5 Å². The van der Waals surface area contributed by atoms with E-state index in [1.807, 2.05) is 24.3 Å². The molecule has 1 fully saturated rings. The normalized spacial score (nSPS) is 21.2. The molecule has 0 amide bonds. The Balaban J connectivity index is 1.59. The summed E-state index contributed by atoms with van der Waals surface area (Å²) in [7, 11) is 0. The number of carbonyl (C=O) groups is 1. The topological polar surface area (TPSA) is 124 Å². The molecule has 2 heterocycles. The van der Waals surface area contributed by atoms with E-state index in [-0.39, 0.29) is 11.8 Å². The van der Waals surface area contributed by atoms with Crippen LogP contribution >= 0.6 is 0 Å². The molecule has 0 saturated heterocycles. The Morgan fingerprint density at radius 1 is 1.27 bits per heavy atom. The molecule has 1 aliphatic carbocycles. The molecule has 3 aromatic rings. The predicted octanol–water partition coefficient (Wildman–Crippen LogP) is 2.63. The second-order valence-electron chi connectivity index (χ2n) is 7.28. The van der Waals surface area contributed by atoms with Crippen LogP contribution < -0.4 is 16.4 Å². The average Bonchev–Trinajstić information content (AvgIpc) is 3.27. The van der Waals surface area contributed by atoms with Gasteiger partial charge in [-0.25, -0.2) is 9.37 Å². The molecule has 30 heavy (non-hydrogen) atoms. The van der Waals surface area contributed by atoms with Gasteiger partial charge in [-0.15, -0.1) is 0 Å². The molecule has 0 radical (unpaired) electrons. The third kappa shape index (κ3) is 4.28. The van der Waals surface area contributed by atoms with Crippen molar-refractivity contribution in [2.45, 2.75) is 44.4 Å². The summed E-state index contributed by atoms with van der Waals surface area (Å²) in [5.41, 5.74) is 7.80. The highest BCUT2D eigenvalue weighted by molar-refractivity contribution is 5.99. The zero-order chi connectivity index (χ0) is 21.1. The first kappa shape index (κ1) is 19.9. The SMILES string of the molecule is CC(=O)c1cnc(N[C@@H]2CCCC(F)[C@@H]2N)nc1Nc1cccc(-n2nccn2)c1. The van der Waals surface area contributed by atoms with Gasteiger partial charge in [0, 0.05) is 17.9 Å². The summed E-state index contributed by atoms with van der Waals surface area (Å²) in [6, 6.07) is 6.50. The van der Waals surface area contributed by atoms with E-state index in [1.165, 1.54) is 17.9 Å². The van der Waals surface area contributed by atoms with Gasteiger partial charge in [-0.2, -0.15) is 20.0 Å². The van der Waals surface area contributed by atoms with Crippen LogP contribution in [0.15, 0.2) is 42.9 Å². The lowest BCUT2D eigenvalue weighted by atomic mass is 9.89. The van der Waals surface area contributed by atoms with Gasteiger partial charge >= 0.3 is 0 Å². The summed E-state index contributed by atoms with van der Waals surface area (Å²) in [5, 5.41) is 14.5. The molecular weight excluding hydrogens is 387 g/mol. The lowest BCUT2D eigenvalue weighted by Gasteiger charge is -2.32. The molecule has 1 saturated carbocycles. The minimum Gasteiger partial charge on any atom is -0.350 e. The first-order valence-corrected chi connectivity index (χ1v) is 9.79. The minimum absolute atomic E-state index is 0.174. The van der Waals surface area contributed by atoms with Crippen molar-refractivity contribution in [3.8, 4) is 5.69 Å². The van der Waals surface area contributed by atoms with E-state index in [0.29, 0.717) is 29.4 Å². The van der Waals surface area contributed by atoms with Crippen molar-refractivity contribution in [3.05, 3.63) is 48.4 Å². The first-order chi connectivity index (χ1) is 14.5. The standard InChI is InChI=1S/C20H23FN8O/c1-12(30)15-11-23-20(27-17-7-3-6-16(21)18(17)22)28-19(15)26-13-4-2-5-14(10-13)29-24-8-9-25-29/h2,4-5,8-11,16-18H,3,6-7,22H2,1H3,(H2,23,26,27,28)/t16?,17-,18+/m1/s1. The zero-order valence-corrected chi connectivity index (χ0v) is 16.5. The van der Waals surface area contributed by atoms with Gasteiger partial charge in [0.1, 0.15) is 12.0 Å². The number of Topliss-reactive ketones (excluding diaryl/α,β-unsaturated/α-hetero) is 1. The van der Waals surface area contributed by atoms with Crippen molar-refractivity contribution < 1.29 is 9.18 Å². The van der Waals surface area contributed by atoms with Crippen LogP contribution in [0.25, 0.3) is 5.69 Å². The number of nitrogens with zero attached hydrogens (tertiary/aromatic N) is 5. The summed E-state index contributed by atoms with van der Waals surface area (Å²) in [4.78, 5) is 22.3. The van der Waals surface area contributed by atoms with Gasteiger partial charge in [-0.1, -0.05) is 6.07 Å². The molecule has 0 aliphatic heterocycles. The molecule has 1 aromatic carbocycles. The van der Waals surface area contributed by atoms with Crippen LogP contribution in [0.3, 0.4) is 0 Å². The maximum Gasteiger partial charge on any atom is 0.224 e. The highest BCUT2D eigenvalue weighted by Crippen LogP contribution is 2.25. The van der Waals surface area contributed by atoms with Crippen LogP contribution in [0, 0.1) is 0 Å². The number of alkyl halides is 1. The van der Waals surface area contributed by atoms with E-state index >= 15 is 0 Å². The number of hydrogen-bond acceptors (Lipinski definition) is 8. The molecule has 4 N–H and O–H groups in total. The molecular formula is C20H23FN8O. The maximum atomic E-state index is 13.9. The predicted molar refractivity (Wildman–Crippen MR) is 111 cm³/mol. The van der Waals surface area contributed by atoms with Crippen LogP contribution in [-0.4, -0.2) is 49.0 Å². The van der Waals surface area contributed by atoms with E-state index in [4.69, 9.17) is 5.73 Å². The summed E-state index contributed by atoms with van der Waals surface area (Å²) in [5.74, 6) is 0.473. The Morgan fingerprint density at radius 2 is 2.07 bits per heavy atom. The smallest absolute Gasteiger partial charge is 0.224 e. The number of nitrogens with one attached hydrogen (secondary N) is 2. The maximum absolute atomic E-state index is 13.9. The van der Waals surface area contributed by atoms with Crippen LogP contribution in [0.2, 0.25) is 0 Å². The number of anilines is 3. The summed E-state index contributed by atoms with van der Waals surface area (Å²) in [6.07, 6.45) is 5.54. The number of aromatic nitrogens is 5. The van der Waals surface area contributed by atoms with Crippen molar-refractivity contribution in [1.82, 2.24) is 25.0 Å². The van der Waals surface area contributed by atoms with E-state index < -0.39 is 12.2 Å². The van der Waals surface area contributed by atoms with Crippen LogP contribution in [0.4, 0.5) is 21.8 Å². The van der Waals surface area contributed by atoms with E-state index in [9.17, 15) is 9.18 Å². The van der Waals surface area contributed by atoms with Crippen molar-refractivity contribution in [2.24, 2.45) is 5.73 Å². The minimum atomic E-state index is -1.05. The molecule has 1 unspecified atom stereocenters. The number of ketones is 1. The van der Waals surface area contributed by atoms with Gasteiger partial charge in [-0.05, 0) is 44.4 Å². The fraction of sp³-hybridized carbons (Fsp3) is 0.350. The second-order valence-corrected chi connectivity index (χ2v) is 7.28. The van der Waals surface area contributed by atoms with E-state index in [2.05, 4.69) is 30.8 Å². The molecule has 0 spiro atoms. The lowest BCUT2D eigenvalue weighted by molar-refractivity contribution is 0.101. The molecule has 1 aliphatic rings. The van der Waals surface area contributed by atoms with Crippen molar-refractivity contribution in [2.75, 3.05) is 10.6 Å². The summed E-state index contributed by atoms with van der Waals surface area (Å²) < 4.78 is 13.9. The number of halogens is 1. The number of carbonyl (C=O) groups excluding carboxylic acids is 1. The summed E-state index contributed by atoms with van der Waals surface area (Å²) in [6.45, 7) is 1.45. The average molecular weight is 410 g/mol. The largest absolute Gasteiger partial charge is 0.350 e. The molecule has 0 bridgehead atoms. The fourth-order valence-corrected chi connectivity index (χ4v) is 3.50. The molecule has 9 nitrogen and oxygen atoms in total. The molecule has 4 rings (SSSR count). The summed E-state index contributed by atoms with van der Waals surface area (Å²) >= 11 is 0. The number of rotatable bonds is 6. The van der Waals surface area contributed by atoms with Crippen molar-refractivity contribution >= 4 is 23.2 Å². The molecule has 156 valence electrons. The van der Waals surface area contributed by atoms with Gasteiger partial charge in [0.2, 0.25) is 5.95 Å². The molecule has 3 atom stereocenters. The van der Waals surface area contributed by atoms with Crippen molar-refractivity contribution in [3.63, 3.8) is 0 Å². The second kappa shape index (κ2) is 8.54. The van der Waals surface area contributed by atoms with Crippen LogP contribution in [0.5, 0.6) is 0 Å². The number of hydrogen-bond donors (Lipinski definition) is 3. The Hall–Kier alpha value is -3.40. The fourth-order valence-electron chi connectivity index (χ4n) is 3.50. The third-order valence-corrected chi connectivity index (χ3v) is 5.12. The highest BCUT2D eigenvalue weighted by atomic mass is 19.1. The number of benzene rings is 1. The quantitative estimate of drug-likeness (QED) is 0.530. The van der Waals surface area contributed by atoms with E-state index in [1.54, 1.807) is 12.4 Å². The third-order valence-electron chi connectivity index (χ3n) is 5.12. The Bertz CT molecular complexity index is 1030. The Morgan fingerprint density at radius 3 is 2.83 bits per heavy atom. The highest BCUT2D eigenvalue weighted by Gasteiger charge is 2.31. The number of nitrogens with two attached hydrogens (primary N) is 1. The molecule has 2 aromatic heterocycles. The van der Waals surface area contributed by atoms with Gasteiger partial charge < -0.3 is 16.4 Å². The van der Waals surface area contributed by atoms with Crippen LogP contribution in [-0.2, 0) is 0 Å². The monoisotopic (exact) mass is 410 g/mol. The zero-order valence-electron chi connectivity index (χ0n) is 16.5. The first-order valence-electron chi connectivity index (χ1n) is 9.79. The van der Waals surface area contributed by atoms with Gasteiger partial charge in [-0.3, -0.25) is 4.79 Å². The Labute approximate surface area is 172 Å². The lowest BCUT2D eigenvalue weighted by Crippen LogP contribution is -2.49. The van der Waals surface area contributed by atoms with Gasteiger partial charge in [0.05, 0.1) is 29.7 Å².